The molecule has 1 aromatic heterocycles. The molecule has 0 aliphatic carbocycles. The van der Waals surface area contributed by atoms with Crippen molar-refractivity contribution >= 4 is 49.4 Å². The second kappa shape index (κ2) is 11.4. The number of hydrogen-bond acceptors (Lipinski definition) is 8. The molecule has 1 N–H and O–H groups in total. The second-order valence-electron chi connectivity index (χ2n) is 7.52. The number of aliphatic imine (C=N–C) groups is 1. The summed E-state index contributed by atoms with van der Waals surface area (Å²) < 4.78 is 12.4. The van der Waals surface area contributed by atoms with Crippen molar-refractivity contribution in [2.75, 3.05) is 14.2 Å². The van der Waals surface area contributed by atoms with Gasteiger partial charge in [-0.05, 0) is 68.5 Å². The molecule has 0 fully saturated rings. The highest BCUT2D eigenvalue weighted by molar-refractivity contribution is 9.11. The van der Waals surface area contributed by atoms with E-state index in [1.807, 2.05) is 12.1 Å². The Labute approximate surface area is 222 Å². The third-order valence-corrected chi connectivity index (χ3v) is 6.66. The molecule has 3 rings (SSSR count). The second-order valence-corrected chi connectivity index (χ2v) is 9.23. The summed E-state index contributed by atoms with van der Waals surface area (Å²) in [5, 5.41) is 31.7. The Morgan fingerprint density at radius 2 is 1.83 bits per heavy atom. The van der Waals surface area contributed by atoms with Crippen LogP contribution >= 0.6 is 31.9 Å². The van der Waals surface area contributed by atoms with Crippen molar-refractivity contribution in [1.29, 1.82) is 5.26 Å². The Kier molecular flexibility index (Phi) is 8.49. The van der Waals surface area contributed by atoms with Gasteiger partial charge in [-0.1, -0.05) is 6.07 Å². The van der Waals surface area contributed by atoms with Crippen LogP contribution in [-0.2, 0) is 13.0 Å². The van der Waals surface area contributed by atoms with E-state index in [2.05, 4.69) is 36.9 Å². The van der Waals surface area contributed by atoms with Gasteiger partial charge in [-0.25, -0.2) is 0 Å². The number of ether oxygens (including phenoxy) is 2. The van der Waals surface area contributed by atoms with Crippen molar-refractivity contribution in [3.63, 3.8) is 0 Å². The molecule has 0 saturated heterocycles. The van der Waals surface area contributed by atoms with Crippen LogP contribution < -0.4 is 15.0 Å². The van der Waals surface area contributed by atoms with Gasteiger partial charge in [0.05, 0.1) is 39.3 Å². The summed E-state index contributed by atoms with van der Waals surface area (Å²) in [5.41, 5.74) is 0.720. The molecule has 10 nitrogen and oxygen atoms in total. The van der Waals surface area contributed by atoms with E-state index in [0.29, 0.717) is 32.6 Å². The third-order valence-electron chi connectivity index (χ3n) is 5.45. The summed E-state index contributed by atoms with van der Waals surface area (Å²) in [6, 6.07) is 9.83. The van der Waals surface area contributed by atoms with Crippen molar-refractivity contribution in [2.45, 2.75) is 19.9 Å². The summed E-state index contributed by atoms with van der Waals surface area (Å²) in [7, 11) is 3.05. The lowest BCUT2D eigenvalue weighted by molar-refractivity contribution is -0.385. The topological polar surface area (TPSA) is 140 Å². The molecular formula is C24H20Br2N4O6. The number of aromatic nitrogens is 1. The molecule has 186 valence electrons. The van der Waals surface area contributed by atoms with E-state index < -0.39 is 10.5 Å². The lowest BCUT2D eigenvalue weighted by Gasteiger charge is -2.15. The average molecular weight is 620 g/mol. The Morgan fingerprint density at radius 3 is 2.39 bits per heavy atom. The number of nitriles is 1. The summed E-state index contributed by atoms with van der Waals surface area (Å²) in [6.45, 7) is 1.63. The van der Waals surface area contributed by atoms with Crippen molar-refractivity contribution in [3.8, 4) is 23.4 Å². The van der Waals surface area contributed by atoms with Gasteiger partial charge >= 0.3 is 0 Å². The normalized spacial score (nSPS) is 10.9. The first-order valence-corrected chi connectivity index (χ1v) is 12.0. The van der Waals surface area contributed by atoms with Crippen LogP contribution in [0.4, 0.5) is 11.4 Å². The number of methoxy groups -OCH3 is 2. The fourth-order valence-corrected chi connectivity index (χ4v) is 4.89. The number of benzene rings is 2. The van der Waals surface area contributed by atoms with E-state index in [-0.39, 0.29) is 34.8 Å². The van der Waals surface area contributed by atoms with E-state index in [0.717, 1.165) is 10.1 Å². The SMILES string of the molecule is COc1ccc(CCn2c(O)c(C=Nc3c(Br)cc([N+](=O)[O-])cc3Br)c(C)c(C#N)c2=O)cc1OC. The zero-order valence-corrected chi connectivity index (χ0v) is 22.6. The smallest absolute Gasteiger partial charge is 0.271 e. The van der Waals surface area contributed by atoms with Crippen molar-refractivity contribution in [2.24, 2.45) is 4.99 Å². The Balaban J connectivity index is 2.03. The van der Waals surface area contributed by atoms with Crippen LogP contribution in [-0.4, -0.2) is 35.0 Å². The molecule has 12 heteroatoms. The molecular weight excluding hydrogens is 600 g/mol. The fraction of sp³-hybridized carbons (Fsp3) is 0.208. The maximum atomic E-state index is 12.9. The van der Waals surface area contributed by atoms with E-state index in [1.165, 1.54) is 32.6 Å². The Hall–Kier alpha value is -3.69. The van der Waals surface area contributed by atoms with Gasteiger partial charge in [-0.15, -0.1) is 0 Å². The van der Waals surface area contributed by atoms with Gasteiger partial charge in [-0.3, -0.25) is 24.5 Å². The fourth-order valence-electron chi connectivity index (χ4n) is 3.52. The predicted molar refractivity (Wildman–Crippen MR) is 141 cm³/mol. The number of aryl methyl sites for hydroxylation is 1. The van der Waals surface area contributed by atoms with E-state index in [4.69, 9.17) is 9.47 Å². The van der Waals surface area contributed by atoms with Gasteiger partial charge in [0.25, 0.3) is 11.2 Å². The number of pyridine rings is 1. The molecule has 0 amide bonds. The quantitative estimate of drug-likeness (QED) is 0.208. The molecule has 0 aliphatic rings. The summed E-state index contributed by atoms with van der Waals surface area (Å²) in [5.74, 6) is 0.737. The highest BCUT2D eigenvalue weighted by atomic mass is 79.9. The van der Waals surface area contributed by atoms with Gasteiger partial charge < -0.3 is 14.6 Å². The number of halogens is 2. The maximum Gasteiger partial charge on any atom is 0.271 e. The van der Waals surface area contributed by atoms with Crippen LogP contribution in [0.3, 0.4) is 0 Å². The number of aromatic hydroxyl groups is 1. The first-order valence-electron chi connectivity index (χ1n) is 10.4. The molecule has 1 heterocycles. The molecule has 0 aliphatic heterocycles. The lowest BCUT2D eigenvalue weighted by Crippen LogP contribution is -2.26. The van der Waals surface area contributed by atoms with Crippen molar-refractivity contribution in [1.82, 2.24) is 4.57 Å². The molecule has 2 aromatic carbocycles. The monoisotopic (exact) mass is 618 g/mol. The van der Waals surface area contributed by atoms with Crippen molar-refractivity contribution < 1.29 is 19.5 Å². The van der Waals surface area contributed by atoms with Crippen LogP contribution in [0.2, 0.25) is 0 Å². The Morgan fingerprint density at radius 1 is 1.19 bits per heavy atom. The van der Waals surface area contributed by atoms with Crippen LogP contribution in [0.25, 0.3) is 0 Å². The van der Waals surface area contributed by atoms with E-state index >= 15 is 0 Å². The molecule has 0 spiro atoms. The van der Waals surface area contributed by atoms with Gasteiger partial charge in [-0.2, -0.15) is 5.26 Å². The number of nitrogens with zero attached hydrogens (tertiary/aromatic N) is 4. The van der Waals surface area contributed by atoms with E-state index in [1.54, 1.807) is 19.1 Å². The molecule has 0 atom stereocenters. The number of rotatable bonds is 8. The standard InChI is InChI=1S/C24H20Br2N4O6/c1-13-16(11-27)23(31)29(7-6-14-4-5-20(35-2)21(8-14)36-3)24(32)17(13)12-28-22-18(25)9-15(30(33)34)10-19(22)26/h4-5,8-10,12,32H,6-7H2,1-3H3. The zero-order valence-electron chi connectivity index (χ0n) is 19.4. The minimum Gasteiger partial charge on any atom is -0.494 e. The number of nitro groups is 1. The van der Waals surface area contributed by atoms with Crippen LogP contribution in [0.5, 0.6) is 17.4 Å². The largest absolute Gasteiger partial charge is 0.494 e. The van der Waals surface area contributed by atoms with Crippen molar-refractivity contribution in [3.05, 3.63) is 82.0 Å². The molecule has 0 unspecified atom stereocenters. The number of non-ortho nitro benzene ring substituents is 1. The molecule has 3 aromatic rings. The summed E-state index contributed by atoms with van der Waals surface area (Å²) >= 11 is 6.53. The zero-order chi connectivity index (χ0) is 26.6. The molecule has 36 heavy (non-hydrogen) atoms. The first kappa shape index (κ1) is 26.9. The lowest BCUT2D eigenvalue weighted by atomic mass is 10.1. The third kappa shape index (κ3) is 5.42. The maximum absolute atomic E-state index is 12.9. The van der Waals surface area contributed by atoms with E-state index in [9.17, 15) is 25.3 Å². The van der Waals surface area contributed by atoms with Gasteiger partial charge in [0.15, 0.2) is 11.5 Å². The van der Waals surface area contributed by atoms with Gasteiger partial charge in [0.1, 0.15) is 11.6 Å². The van der Waals surface area contributed by atoms with Crippen LogP contribution in [0, 0.1) is 28.4 Å². The molecule has 0 radical (unpaired) electrons. The molecule has 0 bridgehead atoms. The minimum absolute atomic E-state index is 0.0842. The molecule has 0 saturated carbocycles. The summed E-state index contributed by atoms with van der Waals surface area (Å²) in [4.78, 5) is 27.8. The summed E-state index contributed by atoms with van der Waals surface area (Å²) in [6.07, 6.45) is 1.67. The highest BCUT2D eigenvalue weighted by Gasteiger charge is 2.19. The highest BCUT2D eigenvalue weighted by Crippen LogP contribution is 2.37. The van der Waals surface area contributed by atoms with Gasteiger partial charge in [0, 0.05) is 24.9 Å². The first-order chi connectivity index (χ1) is 17.1. The number of hydrogen-bond donors (Lipinski definition) is 1. The Bertz CT molecular complexity index is 1450. The predicted octanol–water partition coefficient (Wildman–Crippen LogP) is 5.18. The van der Waals surface area contributed by atoms with Crippen LogP contribution in [0.1, 0.15) is 22.3 Å². The number of nitro benzene ring substituents is 1. The van der Waals surface area contributed by atoms with Crippen LogP contribution in [0.15, 0.2) is 49.1 Å². The van der Waals surface area contributed by atoms with Gasteiger partial charge in [0.2, 0.25) is 5.88 Å². The average Bonchev–Trinajstić information content (AvgIpc) is 2.85. The minimum atomic E-state index is -0.622.